The van der Waals surface area contributed by atoms with Crippen molar-refractivity contribution in [2.24, 2.45) is 0 Å². The molecule has 0 saturated heterocycles. The van der Waals surface area contributed by atoms with Crippen LogP contribution < -0.4 is 0 Å². The Hall–Kier alpha value is -1.06. The second kappa shape index (κ2) is 22.0. The minimum atomic E-state index is -0.301. The standard InChI is InChI=1S/C32H62O4/c1-7-13-15-19-27-31(23-9-3,24-10-4)35-29(33)21-17-18-22-30(34)36-32(25-11-5,26-12-6)28-20-16-14-8-2/h7-28H2,1-6H3. The third kappa shape index (κ3) is 15.9. The van der Waals surface area contributed by atoms with E-state index < -0.39 is 0 Å². The van der Waals surface area contributed by atoms with Crippen LogP contribution in [-0.4, -0.2) is 23.1 Å². The molecule has 0 aliphatic rings. The molecule has 0 amide bonds. The second-order valence-electron chi connectivity index (χ2n) is 11.1. The average molecular weight is 511 g/mol. The summed E-state index contributed by atoms with van der Waals surface area (Å²) in [5.74, 6) is -0.189. The zero-order chi connectivity index (χ0) is 27.1. The fraction of sp³-hybridized carbons (Fsp3) is 0.938. The molecule has 0 aliphatic carbocycles. The predicted molar refractivity (Wildman–Crippen MR) is 153 cm³/mol. The van der Waals surface area contributed by atoms with Gasteiger partial charge in [0.25, 0.3) is 0 Å². The van der Waals surface area contributed by atoms with Gasteiger partial charge in [0.05, 0.1) is 0 Å². The molecule has 0 spiro atoms. The summed E-state index contributed by atoms with van der Waals surface area (Å²) in [5, 5.41) is 0. The summed E-state index contributed by atoms with van der Waals surface area (Å²) in [4.78, 5) is 25.5. The van der Waals surface area contributed by atoms with Crippen molar-refractivity contribution in [3.05, 3.63) is 0 Å². The highest BCUT2D eigenvalue weighted by Crippen LogP contribution is 2.33. The van der Waals surface area contributed by atoms with Gasteiger partial charge in [0.1, 0.15) is 11.2 Å². The summed E-state index contributed by atoms with van der Waals surface area (Å²) in [5.41, 5.74) is -0.601. The van der Waals surface area contributed by atoms with Gasteiger partial charge in [0.2, 0.25) is 0 Å². The predicted octanol–water partition coefficient (Wildman–Crippen LogP) is 10.3. The molecule has 0 rings (SSSR count). The summed E-state index contributed by atoms with van der Waals surface area (Å²) in [6.45, 7) is 13.2. The maximum Gasteiger partial charge on any atom is 0.306 e. The van der Waals surface area contributed by atoms with Crippen LogP contribution in [0.1, 0.15) is 183 Å². The van der Waals surface area contributed by atoms with Gasteiger partial charge in [-0.1, -0.05) is 106 Å². The SMILES string of the molecule is CCCCCCC(CCC)(CCC)OC(=O)CCCCC(=O)OC(CCC)(CCC)CCCCCC. The second-order valence-corrected chi connectivity index (χ2v) is 11.1. The number of carbonyl (C=O) groups is 2. The molecule has 4 nitrogen and oxygen atoms in total. The van der Waals surface area contributed by atoms with Gasteiger partial charge in [-0.2, -0.15) is 0 Å². The molecule has 0 aromatic heterocycles. The van der Waals surface area contributed by atoms with Crippen LogP contribution in [0.5, 0.6) is 0 Å². The Morgan fingerprint density at radius 1 is 0.417 bits per heavy atom. The van der Waals surface area contributed by atoms with Crippen LogP contribution >= 0.6 is 0 Å². The molecule has 214 valence electrons. The average Bonchev–Trinajstić information content (AvgIpc) is 2.83. The summed E-state index contributed by atoms with van der Waals surface area (Å²) in [6.07, 6.45) is 21.6. The minimum absolute atomic E-state index is 0.0944. The van der Waals surface area contributed by atoms with Crippen molar-refractivity contribution in [3.8, 4) is 0 Å². The lowest BCUT2D eigenvalue weighted by Crippen LogP contribution is -2.35. The van der Waals surface area contributed by atoms with Gasteiger partial charge in [-0.25, -0.2) is 0 Å². The fourth-order valence-electron chi connectivity index (χ4n) is 5.75. The number of hydrogen-bond acceptors (Lipinski definition) is 4. The minimum Gasteiger partial charge on any atom is -0.459 e. The monoisotopic (exact) mass is 510 g/mol. The Kier molecular flexibility index (Phi) is 21.3. The number of carbonyl (C=O) groups excluding carboxylic acids is 2. The number of rotatable bonds is 25. The quantitative estimate of drug-likeness (QED) is 0.0905. The van der Waals surface area contributed by atoms with E-state index in [0.717, 1.165) is 77.0 Å². The fourth-order valence-corrected chi connectivity index (χ4v) is 5.75. The summed E-state index contributed by atoms with van der Waals surface area (Å²) < 4.78 is 12.3. The van der Waals surface area contributed by atoms with E-state index >= 15 is 0 Å². The first-order valence-electron chi connectivity index (χ1n) is 15.8. The highest BCUT2D eigenvalue weighted by Gasteiger charge is 2.33. The number of hydrogen-bond donors (Lipinski definition) is 0. The molecule has 0 bridgehead atoms. The van der Waals surface area contributed by atoms with E-state index in [0.29, 0.717) is 25.7 Å². The molecular weight excluding hydrogens is 448 g/mol. The van der Waals surface area contributed by atoms with Crippen LogP contribution in [0.15, 0.2) is 0 Å². The van der Waals surface area contributed by atoms with Crippen molar-refractivity contribution in [1.29, 1.82) is 0 Å². The Morgan fingerprint density at radius 3 is 1.03 bits per heavy atom. The number of ether oxygens (including phenoxy) is 2. The van der Waals surface area contributed by atoms with E-state index in [1.807, 2.05) is 0 Å². The maximum atomic E-state index is 12.8. The molecule has 0 aromatic rings. The summed E-state index contributed by atoms with van der Waals surface area (Å²) in [7, 11) is 0. The lowest BCUT2D eigenvalue weighted by atomic mass is 9.86. The Morgan fingerprint density at radius 2 is 0.750 bits per heavy atom. The van der Waals surface area contributed by atoms with Crippen LogP contribution in [0.4, 0.5) is 0 Å². The molecule has 36 heavy (non-hydrogen) atoms. The van der Waals surface area contributed by atoms with Crippen LogP contribution in [0.25, 0.3) is 0 Å². The molecule has 0 aromatic carbocycles. The molecule has 0 heterocycles. The van der Waals surface area contributed by atoms with Crippen molar-refractivity contribution in [1.82, 2.24) is 0 Å². The Balaban J connectivity index is 4.73. The van der Waals surface area contributed by atoms with Crippen LogP contribution in [0, 0.1) is 0 Å². The molecule has 0 unspecified atom stereocenters. The van der Waals surface area contributed by atoms with Crippen LogP contribution in [0.2, 0.25) is 0 Å². The molecule has 0 N–H and O–H groups in total. The smallest absolute Gasteiger partial charge is 0.306 e. The van der Waals surface area contributed by atoms with Crippen molar-refractivity contribution in [2.75, 3.05) is 0 Å². The van der Waals surface area contributed by atoms with Gasteiger partial charge >= 0.3 is 11.9 Å². The van der Waals surface area contributed by atoms with Gasteiger partial charge in [-0.15, -0.1) is 0 Å². The molecule has 4 heteroatoms. The van der Waals surface area contributed by atoms with E-state index in [2.05, 4.69) is 41.5 Å². The molecule has 0 atom stereocenters. The largest absolute Gasteiger partial charge is 0.459 e. The van der Waals surface area contributed by atoms with Crippen molar-refractivity contribution in [3.63, 3.8) is 0 Å². The molecular formula is C32H62O4. The lowest BCUT2D eigenvalue weighted by Gasteiger charge is -2.34. The van der Waals surface area contributed by atoms with Crippen molar-refractivity contribution in [2.45, 2.75) is 194 Å². The summed E-state index contributed by atoms with van der Waals surface area (Å²) >= 11 is 0. The zero-order valence-electron chi connectivity index (χ0n) is 25.2. The summed E-state index contributed by atoms with van der Waals surface area (Å²) in [6, 6.07) is 0. The maximum absolute atomic E-state index is 12.8. The highest BCUT2D eigenvalue weighted by atomic mass is 16.6. The van der Waals surface area contributed by atoms with E-state index in [4.69, 9.17) is 9.47 Å². The number of unbranched alkanes of at least 4 members (excludes halogenated alkanes) is 7. The first-order valence-corrected chi connectivity index (χ1v) is 15.8. The normalized spacial score (nSPS) is 12.1. The third-order valence-electron chi connectivity index (χ3n) is 7.47. The van der Waals surface area contributed by atoms with E-state index in [9.17, 15) is 9.59 Å². The Bertz CT molecular complexity index is 482. The van der Waals surface area contributed by atoms with Crippen LogP contribution in [-0.2, 0) is 19.1 Å². The van der Waals surface area contributed by atoms with Crippen LogP contribution in [0.3, 0.4) is 0 Å². The van der Waals surface area contributed by atoms with Gasteiger partial charge in [0.15, 0.2) is 0 Å². The zero-order valence-corrected chi connectivity index (χ0v) is 25.2. The molecule has 0 saturated carbocycles. The molecule has 0 aliphatic heterocycles. The van der Waals surface area contributed by atoms with E-state index in [-0.39, 0.29) is 23.1 Å². The first kappa shape index (κ1) is 34.9. The molecule has 0 radical (unpaired) electrons. The highest BCUT2D eigenvalue weighted by molar-refractivity contribution is 5.71. The van der Waals surface area contributed by atoms with E-state index in [1.165, 1.54) is 38.5 Å². The molecule has 0 fully saturated rings. The van der Waals surface area contributed by atoms with Crippen molar-refractivity contribution < 1.29 is 19.1 Å². The third-order valence-corrected chi connectivity index (χ3v) is 7.47. The topological polar surface area (TPSA) is 52.6 Å². The Labute approximate surface area is 225 Å². The van der Waals surface area contributed by atoms with Gasteiger partial charge < -0.3 is 9.47 Å². The first-order chi connectivity index (χ1) is 17.4. The van der Waals surface area contributed by atoms with Gasteiger partial charge in [-0.3, -0.25) is 9.59 Å². The van der Waals surface area contributed by atoms with Crippen molar-refractivity contribution >= 4 is 11.9 Å². The van der Waals surface area contributed by atoms with Gasteiger partial charge in [-0.05, 0) is 64.2 Å². The number of esters is 2. The van der Waals surface area contributed by atoms with E-state index in [1.54, 1.807) is 0 Å². The van der Waals surface area contributed by atoms with Gasteiger partial charge in [0, 0.05) is 12.8 Å². The lowest BCUT2D eigenvalue weighted by molar-refractivity contribution is -0.165.